The van der Waals surface area contributed by atoms with E-state index in [1.807, 2.05) is 0 Å². The molecule has 3 aromatic carbocycles. The van der Waals surface area contributed by atoms with Crippen molar-refractivity contribution in [3.8, 4) is 11.5 Å². The first-order valence-electron chi connectivity index (χ1n) is 8.92. The fourth-order valence-electron chi connectivity index (χ4n) is 2.61. The molecule has 0 aliphatic carbocycles. The molecule has 0 heterocycles. The molecule has 0 fully saturated rings. The second kappa shape index (κ2) is 9.54. The molecule has 0 radical (unpaired) electrons. The van der Waals surface area contributed by atoms with Gasteiger partial charge in [0.15, 0.2) is 11.5 Å². The molecule has 0 aliphatic rings. The number of nitrogens with zero attached hydrogens (tertiary/aromatic N) is 2. The predicted octanol–water partition coefficient (Wildman–Crippen LogP) is 4.21. The van der Waals surface area contributed by atoms with Gasteiger partial charge in [-0.25, -0.2) is 8.42 Å². The van der Waals surface area contributed by atoms with Crippen LogP contribution in [-0.2, 0) is 10.0 Å². The van der Waals surface area contributed by atoms with E-state index in [1.165, 1.54) is 61.9 Å². The van der Waals surface area contributed by atoms with Crippen molar-refractivity contribution in [2.75, 3.05) is 17.3 Å². The highest BCUT2D eigenvalue weighted by atomic mass is 35.5. The van der Waals surface area contributed by atoms with E-state index in [2.05, 4.69) is 15.2 Å². The Morgan fingerprint density at radius 3 is 2.50 bits per heavy atom. The number of ether oxygens (including phenoxy) is 1. The lowest BCUT2D eigenvalue weighted by molar-refractivity contribution is -0.384. The summed E-state index contributed by atoms with van der Waals surface area (Å²) in [6.45, 7) is 0. The number of hydrogen-bond acceptors (Lipinski definition) is 8. The van der Waals surface area contributed by atoms with Gasteiger partial charge < -0.3 is 9.84 Å². The first-order chi connectivity index (χ1) is 15.2. The van der Waals surface area contributed by atoms with E-state index < -0.39 is 20.6 Å². The molecule has 12 heteroatoms. The Labute approximate surface area is 188 Å². The summed E-state index contributed by atoms with van der Waals surface area (Å²) in [5, 5.41) is 25.5. The molecule has 32 heavy (non-hydrogen) atoms. The summed E-state index contributed by atoms with van der Waals surface area (Å²) in [6, 6.07) is 13.8. The first kappa shape index (κ1) is 22.8. The number of benzene rings is 3. The smallest absolute Gasteiger partial charge is 0.295 e. The molecule has 10 nitrogen and oxygen atoms in total. The summed E-state index contributed by atoms with van der Waals surface area (Å²) in [6.07, 6.45) is 1.36. The SMILES string of the molecule is COc1cc(C=NNc2ccc(S(=O)(=O)Nc3ccc(Cl)cc3)cc2[N+](=O)[O-])ccc1O. The maximum atomic E-state index is 12.6. The number of phenolic OH excluding ortho intramolecular Hbond substituents is 1. The zero-order valence-electron chi connectivity index (χ0n) is 16.5. The van der Waals surface area contributed by atoms with E-state index in [0.717, 1.165) is 6.07 Å². The van der Waals surface area contributed by atoms with Crippen LogP contribution in [0.3, 0.4) is 0 Å². The summed E-state index contributed by atoms with van der Waals surface area (Å²) < 4.78 is 32.6. The number of halogens is 1. The molecule has 0 saturated carbocycles. The topological polar surface area (TPSA) is 143 Å². The molecule has 0 atom stereocenters. The second-order valence-corrected chi connectivity index (χ2v) is 8.47. The van der Waals surface area contributed by atoms with Crippen molar-refractivity contribution in [1.82, 2.24) is 0 Å². The van der Waals surface area contributed by atoms with E-state index in [-0.39, 0.29) is 27.8 Å². The van der Waals surface area contributed by atoms with Gasteiger partial charge in [0, 0.05) is 16.8 Å². The van der Waals surface area contributed by atoms with Gasteiger partial charge in [0.05, 0.1) is 23.1 Å². The molecule has 3 aromatic rings. The third-order valence-electron chi connectivity index (χ3n) is 4.18. The molecule has 166 valence electrons. The Hall–Kier alpha value is -3.83. The third kappa shape index (κ3) is 5.45. The Morgan fingerprint density at radius 2 is 1.84 bits per heavy atom. The van der Waals surface area contributed by atoms with Gasteiger partial charge in [-0.1, -0.05) is 11.6 Å². The van der Waals surface area contributed by atoms with E-state index in [0.29, 0.717) is 10.6 Å². The monoisotopic (exact) mass is 476 g/mol. The average molecular weight is 477 g/mol. The van der Waals surface area contributed by atoms with Crippen LogP contribution in [0.15, 0.2) is 70.7 Å². The molecule has 0 aliphatic heterocycles. The number of sulfonamides is 1. The summed E-state index contributed by atoms with van der Waals surface area (Å²) >= 11 is 5.79. The molecule has 3 rings (SSSR count). The molecule has 0 spiro atoms. The van der Waals surface area contributed by atoms with Crippen LogP contribution in [0.4, 0.5) is 17.1 Å². The van der Waals surface area contributed by atoms with Crippen LogP contribution in [-0.4, -0.2) is 31.8 Å². The summed E-state index contributed by atoms with van der Waals surface area (Å²) in [7, 11) is -2.68. The van der Waals surface area contributed by atoms with Crippen molar-refractivity contribution < 1.29 is 23.2 Å². The number of nitrogens with one attached hydrogen (secondary N) is 2. The lowest BCUT2D eigenvalue weighted by Crippen LogP contribution is -2.13. The van der Waals surface area contributed by atoms with Crippen LogP contribution < -0.4 is 14.9 Å². The van der Waals surface area contributed by atoms with Gasteiger partial charge >= 0.3 is 0 Å². The van der Waals surface area contributed by atoms with E-state index in [4.69, 9.17) is 16.3 Å². The molecule has 0 bridgehead atoms. The van der Waals surface area contributed by atoms with Crippen molar-refractivity contribution in [2.45, 2.75) is 4.90 Å². The van der Waals surface area contributed by atoms with Crippen molar-refractivity contribution in [3.05, 3.63) is 81.4 Å². The standard InChI is InChI=1S/C20H17ClN4O6S/c1-31-20-10-13(2-9-19(20)26)12-22-23-17-8-7-16(11-18(17)25(27)28)32(29,30)24-15-5-3-14(21)4-6-15/h2-12,23-24,26H,1H3. The van der Waals surface area contributed by atoms with Gasteiger partial charge in [0.25, 0.3) is 15.7 Å². The van der Waals surface area contributed by atoms with Gasteiger partial charge in [0.2, 0.25) is 0 Å². The predicted molar refractivity (Wildman–Crippen MR) is 121 cm³/mol. The van der Waals surface area contributed by atoms with Crippen molar-refractivity contribution in [3.63, 3.8) is 0 Å². The summed E-state index contributed by atoms with van der Waals surface area (Å²) in [4.78, 5) is 10.5. The highest BCUT2D eigenvalue weighted by Crippen LogP contribution is 2.29. The quantitative estimate of drug-likeness (QED) is 0.251. The largest absolute Gasteiger partial charge is 0.504 e. The second-order valence-electron chi connectivity index (χ2n) is 6.35. The van der Waals surface area contributed by atoms with Crippen LogP contribution >= 0.6 is 11.6 Å². The lowest BCUT2D eigenvalue weighted by Gasteiger charge is -2.09. The number of phenols is 1. The van der Waals surface area contributed by atoms with E-state index in [1.54, 1.807) is 6.07 Å². The van der Waals surface area contributed by atoms with Gasteiger partial charge in [0.1, 0.15) is 5.69 Å². The van der Waals surface area contributed by atoms with Crippen molar-refractivity contribution in [2.24, 2.45) is 5.10 Å². The number of nitro benzene ring substituents is 1. The van der Waals surface area contributed by atoms with Crippen LogP contribution in [0.25, 0.3) is 0 Å². The highest BCUT2D eigenvalue weighted by Gasteiger charge is 2.21. The number of anilines is 2. The minimum atomic E-state index is -4.08. The fraction of sp³-hybridized carbons (Fsp3) is 0.0500. The lowest BCUT2D eigenvalue weighted by atomic mass is 10.2. The minimum Gasteiger partial charge on any atom is -0.504 e. The average Bonchev–Trinajstić information content (AvgIpc) is 2.76. The van der Waals surface area contributed by atoms with Gasteiger partial charge in [-0.05, 0) is 60.2 Å². The summed E-state index contributed by atoms with van der Waals surface area (Å²) in [5.41, 5.74) is 2.84. The third-order valence-corrected chi connectivity index (χ3v) is 5.81. The number of methoxy groups -OCH3 is 1. The van der Waals surface area contributed by atoms with E-state index >= 15 is 0 Å². The Morgan fingerprint density at radius 1 is 1.12 bits per heavy atom. The Bertz CT molecular complexity index is 1280. The first-order valence-corrected chi connectivity index (χ1v) is 10.8. The van der Waals surface area contributed by atoms with Gasteiger partial charge in [-0.15, -0.1) is 0 Å². The molecule has 0 unspecified atom stereocenters. The number of aromatic hydroxyl groups is 1. The minimum absolute atomic E-state index is 0.0116. The Kier molecular flexibility index (Phi) is 6.81. The summed E-state index contributed by atoms with van der Waals surface area (Å²) in [5.74, 6) is 0.194. The van der Waals surface area contributed by atoms with Crippen LogP contribution in [0.5, 0.6) is 11.5 Å². The maximum absolute atomic E-state index is 12.6. The van der Waals surface area contributed by atoms with Crippen LogP contribution in [0, 0.1) is 10.1 Å². The molecule has 0 amide bonds. The van der Waals surface area contributed by atoms with E-state index in [9.17, 15) is 23.6 Å². The fourth-order valence-corrected chi connectivity index (χ4v) is 3.81. The van der Waals surface area contributed by atoms with Crippen LogP contribution in [0.1, 0.15) is 5.56 Å². The number of rotatable bonds is 8. The maximum Gasteiger partial charge on any atom is 0.295 e. The highest BCUT2D eigenvalue weighted by molar-refractivity contribution is 7.92. The van der Waals surface area contributed by atoms with Crippen molar-refractivity contribution in [1.29, 1.82) is 0 Å². The Balaban J connectivity index is 1.82. The van der Waals surface area contributed by atoms with Gasteiger partial charge in [-0.3, -0.25) is 20.3 Å². The zero-order chi connectivity index (χ0) is 23.3. The molecular weight excluding hydrogens is 460 g/mol. The molecule has 0 saturated heterocycles. The number of nitro groups is 1. The van der Waals surface area contributed by atoms with Crippen molar-refractivity contribution >= 4 is 44.9 Å². The number of hydrazone groups is 1. The van der Waals surface area contributed by atoms with Gasteiger partial charge in [-0.2, -0.15) is 5.10 Å². The van der Waals surface area contributed by atoms with Crippen LogP contribution in [0.2, 0.25) is 5.02 Å². The molecule has 0 aromatic heterocycles. The normalized spacial score (nSPS) is 11.3. The molecular formula is C20H17ClN4O6S. The molecule has 3 N–H and O–H groups in total. The number of hydrogen-bond donors (Lipinski definition) is 3. The zero-order valence-corrected chi connectivity index (χ0v) is 18.1.